The van der Waals surface area contributed by atoms with Crippen LogP contribution in [0.2, 0.25) is 0 Å². The molecule has 1 amide bonds. The van der Waals surface area contributed by atoms with Crippen molar-refractivity contribution in [2.24, 2.45) is 5.92 Å². The lowest BCUT2D eigenvalue weighted by molar-refractivity contribution is -0.153. The summed E-state index contributed by atoms with van der Waals surface area (Å²) in [7, 11) is 0. The molecule has 2 heterocycles. The van der Waals surface area contributed by atoms with Crippen LogP contribution >= 0.6 is 0 Å². The van der Waals surface area contributed by atoms with Crippen LogP contribution in [0.25, 0.3) is 11.4 Å². The molecule has 1 saturated heterocycles. The number of hydrogen-bond acceptors (Lipinski definition) is 8. The summed E-state index contributed by atoms with van der Waals surface area (Å²) in [5.41, 5.74) is 2.31. The number of alkyl halides is 3. The van der Waals surface area contributed by atoms with E-state index in [0.717, 1.165) is 37.9 Å². The molecule has 0 bridgehead atoms. The van der Waals surface area contributed by atoms with Gasteiger partial charge in [-0.25, -0.2) is 4.39 Å². The van der Waals surface area contributed by atoms with Crippen LogP contribution in [0, 0.1) is 11.7 Å². The van der Waals surface area contributed by atoms with Gasteiger partial charge in [-0.05, 0) is 94.1 Å². The Bertz CT molecular complexity index is 1640. The first-order chi connectivity index (χ1) is 23.0. The molecule has 0 aliphatic carbocycles. The van der Waals surface area contributed by atoms with Gasteiger partial charge in [-0.1, -0.05) is 30.3 Å². The predicted molar refractivity (Wildman–Crippen MR) is 177 cm³/mol. The molecule has 5 rings (SSSR count). The zero-order valence-corrected chi connectivity index (χ0v) is 26.9. The molecule has 1 aliphatic heterocycles. The summed E-state index contributed by atoms with van der Waals surface area (Å²) in [6.45, 7) is 6.11. The van der Waals surface area contributed by atoms with Gasteiger partial charge in [0, 0.05) is 42.0 Å². The Balaban J connectivity index is 1.27. The van der Waals surface area contributed by atoms with E-state index < -0.39 is 12.8 Å². The SMILES string of the molecule is CC(C)N1CCC(CCNC(=O)c2ccc(-c3nc(NCc4ccc(F)cc4)nc(Nc4cccc(OCC(F)(F)F)c4)n3)cc2)CC1. The third-order valence-electron chi connectivity index (χ3n) is 8.11. The maximum absolute atomic E-state index is 13.4. The van der Waals surface area contributed by atoms with E-state index in [0.29, 0.717) is 47.7 Å². The summed E-state index contributed by atoms with van der Waals surface area (Å²) in [6.07, 6.45) is -1.24. The highest BCUT2D eigenvalue weighted by molar-refractivity contribution is 5.94. The first kappa shape index (κ1) is 34.6. The molecule has 1 aromatic heterocycles. The number of ether oxygens (including phenoxy) is 1. The summed E-state index contributed by atoms with van der Waals surface area (Å²) in [4.78, 5) is 28.9. The Kier molecular flexibility index (Phi) is 11.4. The van der Waals surface area contributed by atoms with Gasteiger partial charge in [-0.15, -0.1) is 0 Å². The Hall–Kier alpha value is -4.78. The highest BCUT2D eigenvalue weighted by Crippen LogP contribution is 2.25. The smallest absolute Gasteiger partial charge is 0.422 e. The molecule has 0 atom stereocenters. The standard InChI is InChI=1S/C35H39F4N7O2/c1-23(2)46-18-15-24(16-19-46)14-17-40-32(47)27-10-8-26(9-11-27)31-43-33(41-21-25-6-12-28(36)13-7-25)45-34(44-31)42-29-4-3-5-30(20-29)48-22-35(37,38)39/h3-13,20,23-24H,14-19,21-22H2,1-2H3,(H,40,47)(H2,41,42,43,44,45). The van der Waals surface area contributed by atoms with Crippen molar-refractivity contribution in [1.82, 2.24) is 25.2 Å². The van der Waals surface area contributed by atoms with Crippen molar-refractivity contribution in [3.63, 3.8) is 0 Å². The van der Waals surface area contributed by atoms with E-state index in [2.05, 4.69) is 49.6 Å². The van der Waals surface area contributed by atoms with Gasteiger partial charge < -0.3 is 25.6 Å². The number of rotatable bonds is 13. The lowest BCUT2D eigenvalue weighted by Gasteiger charge is -2.34. The van der Waals surface area contributed by atoms with Gasteiger partial charge in [0.05, 0.1) is 0 Å². The molecule has 48 heavy (non-hydrogen) atoms. The summed E-state index contributed by atoms with van der Waals surface area (Å²) in [5.74, 6) is 0.732. The first-order valence-corrected chi connectivity index (χ1v) is 15.9. The van der Waals surface area contributed by atoms with E-state index in [1.54, 1.807) is 48.5 Å². The van der Waals surface area contributed by atoms with Crippen molar-refractivity contribution in [1.29, 1.82) is 0 Å². The summed E-state index contributed by atoms with van der Waals surface area (Å²) < 4.78 is 56.2. The van der Waals surface area contributed by atoms with E-state index in [1.807, 2.05) is 0 Å². The number of aromatic nitrogens is 3. The first-order valence-electron chi connectivity index (χ1n) is 15.9. The van der Waals surface area contributed by atoms with Crippen LogP contribution in [0.5, 0.6) is 5.75 Å². The molecule has 13 heteroatoms. The van der Waals surface area contributed by atoms with Crippen molar-refractivity contribution >= 4 is 23.5 Å². The lowest BCUT2D eigenvalue weighted by Crippen LogP contribution is -2.39. The van der Waals surface area contributed by atoms with Gasteiger partial charge >= 0.3 is 6.18 Å². The van der Waals surface area contributed by atoms with E-state index in [1.165, 1.54) is 24.3 Å². The summed E-state index contributed by atoms with van der Waals surface area (Å²) in [5, 5.41) is 9.15. The highest BCUT2D eigenvalue weighted by atomic mass is 19.4. The summed E-state index contributed by atoms with van der Waals surface area (Å²) in [6, 6.07) is 19.4. The molecule has 0 radical (unpaired) electrons. The molecule has 0 spiro atoms. The van der Waals surface area contributed by atoms with E-state index in [9.17, 15) is 22.4 Å². The van der Waals surface area contributed by atoms with E-state index in [4.69, 9.17) is 4.74 Å². The molecule has 254 valence electrons. The second kappa shape index (κ2) is 15.9. The minimum atomic E-state index is -4.47. The molecular formula is C35H39F4N7O2. The third-order valence-corrected chi connectivity index (χ3v) is 8.11. The molecule has 0 unspecified atom stereocenters. The topological polar surface area (TPSA) is 104 Å². The van der Waals surface area contributed by atoms with Crippen LogP contribution in [0.3, 0.4) is 0 Å². The van der Waals surface area contributed by atoms with E-state index >= 15 is 0 Å². The second-order valence-electron chi connectivity index (χ2n) is 12.0. The maximum Gasteiger partial charge on any atom is 0.422 e. The van der Waals surface area contributed by atoms with Crippen LogP contribution in [-0.2, 0) is 6.54 Å². The van der Waals surface area contributed by atoms with Crippen molar-refractivity contribution < 1.29 is 27.1 Å². The zero-order chi connectivity index (χ0) is 34.1. The van der Waals surface area contributed by atoms with Crippen LogP contribution in [0.15, 0.2) is 72.8 Å². The average molecular weight is 666 g/mol. The van der Waals surface area contributed by atoms with Gasteiger partial charge in [0.2, 0.25) is 11.9 Å². The molecule has 3 N–H and O–H groups in total. The fourth-order valence-electron chi connectivity index (χ4n) is 5.40. The number of nitrogens with one attached hydrogen (secondary N) is 3. The van der Waals surface area contributed by atoms with Gasteiger partial charge in [-0.3, -0.25) is 4.79 Å². The number of anilines is 3. The summed E-state index contributed by atoms with van der Waals surface area (Å²) >= 11 is 0. The number of carbonyl (C=O) groups is 1. The second-order valence-corrected chi connectivity index (χ2v) is 12.0. The molecule has 4 aromatic rings. The van der Waals surface area contributed by atoms with Crippen LogP contribution in [0.4, 0.5) is 35.1 Å². The minimum Gasteiger partial charge on any atom is -0.484 e. The van der Waals surface area contributed by atoms with Crippen molar-refractivity contribution in [3.8, 4) is 17.1 Å². The number of piperidine rings is 1. The number of carbonyl (C=O) groups excluding carboxylic acids is 1. The minimum absolute atomic E-state index is 0.0200. The largest absolute Gasteiger partial charge is 0.484 e. The number of benzene rings is 3. The highest BCUT2D eigenvalue weighted by Gasteiger charge is 2.28. The number of amides is 1. The Morgan fingerprint density at radius 1 is 0.958 bits per heavy atom. The fraction of sp³-hybridized carbons (Fsp3) is 0.371. The maximum atomic E-state index is 13.4. The quantitative estimate of drug-likeness (QED) is 0.129. The van der Waals surface area contributed by atoms with Gasteiger partial charge in [0.25, 0.3) is 5.91 Å². The molecule has 9 nitrogen and oxygen atoms in total. The number of hydrogen-bond donors (Lipinski definition) is 3. The lowest BCUT2D eigenvalue weighted by atomic mass is 9.93. The predicted octanol–water partition coefficient (Wildman–Crippen LogP) is 7.21. The zero-order valence-electron chi connectivity index (χ0n) is 26.9. The third kappa shape index (κ3) is 10.4. The Morgan fingerprint density at radius 2 is 1.67 bits per heavy atom. The van der Waals surface area contributed by atoms with Crippen molar-refractivity contribution in [3.05, 3.63) is 89.7 Å². The van der Waals surface area contributed by atoms with Gasteiger partial charge in [0.15, 0.2) is 12.4 Å². The number of nitrogens with zero attached hydrogens (tertiary/aromatic N) is 4. The van der Waals surface area contributed by atoms with Gasteiger partial charge in [0.1, 0.15) is 11.6 Å². The molecule has 3 aromatic carbocycles. The van der Waals surface area contributed by atoms with Crippen molar-refractivity contribution in [2.75, 3.05) is 36.9 Å². The Morgan fingerprint density at radius 3 is 2.35 bits per heavy atom. The van der Waals surface area contributed by atoms with Crippen molar-refractivity contribution in [2.45, 2.75) is 51.9 Å². The normalized spacial score (nSPS) is 14.1. The average Bonchev–Trinajstić information content (AvgIpc) is 3.07. The molecular weight excluding hydrogens is 626 g/mol. The van der Waals surface area contributed by atoms with Crippen LogP contribution in [0.1, 0.15) is 49.0 Å². The monoisotopic (exact) mass is 665 g/mol. The molecule has 0 saturated carbocycles. The van der Waals surface area contributed by atoms with Gasteiger partial charge in [-0.2, -0.15) is 28.1 Å². The molecule has 1 aliphatic rings. The van der Waals surface area contributed by atoms with Crippen LogP contribution in [-0.4, -0.2) is 64.2 Å². The van der Waals surface area contributed by atoms with E-state index in [-0.39, 0.29) is 29.4 Å². The number of halogens is 4. The van der Waals surface area contributed by atoms with Crippen LogP contribution < -0.4 is 20.7 Å². The number of likely N-dealkylation sites (tertiary alicyclic amines) is 1. The fourth-order valence-corrected chi connectivity index (χ4v) is 5.40. The molecule has 1 fully saturated rings. The Labute approximate surface area is 277 Å².